The zero-order valence-corrected chi connectivity index (χ0v) is 13.7. The molecular formula is C18H29NO2. The van der Waals surface area contributed by atoms with Crippen molar-refractivity contribution in [3.63, 3.8) is 0 Å². The molecule has 0 heterocycles. The van der Waals surface area contributed by atoms with Gasteiger partial charge in [-0.05, 0) is 63.3 Å². The summed E-state index contributed by atoms with van der Waals surface area (Å²) >= 11 is 0. The summed E-state index contributed by atoms with van der Waals surface area (Å²) in [7, 11) is 0. The highest BCUT2D eigenvalue weighted by atomic mass is 16.5. The second kappa shape index (κ2) is 8.28. The van der Waals surface area contributed by atoms with Gasteiger partial charge in [-0.25, -0.2) is 0 Å². The van der Waals surface area contributed by atoms with Crippen LogP contribution in [0.1, 0.15) is 57.9 Å². The number of benzene rings is 1. The standard InChI is InChI=1S/C18H29NO2/c1-4-19-16-9-7-8-14(12-16)15-10-11-17(20-5-2)18(13-15)21-6-3/h10-11,13-14,16,19H,4-9,12H2,1-3H3. The summed E-state index contributed by atoms with van der Waals surface area (Å²) in [5.74, 6) is 2.39. The quantitative estimate of drug-likeness (QED) is 0.819. The van der Waals surface area contributed by atoms with Gasteiger partial charge in [-0.3, -0.25) is 0 Å². The Balaban J connectivity index is 2.13. The zero-order valence-electron chi connectivity index (χ0n) is 13.7. The Morgan fingerprint density at radius 1 is 1.05 bits per heavy atom. The molecule has 0 bridgehead atoms. The summed E-state index contributed by atoms with van der Waals surface area (Å²) in [5, 5.41) is 3.60. The molecule has 0 aliphatic heterocycles. The maximum absolute atomic E-state index is 5.75. The predicted octanol–water partition coefficient (Wildman–Crippen LogP) is 4.12. The fourth-order valence-corrected chi connectivity index (χ4v) is 3.29. The van der Waals surface area contributed by atoms with E-state index in [1.807, 2.05) is 13.8 Å². The maximum atomic E-state index is 5.75. The summed E-state index contributed by atoms with van der Waals surface area (Å²) in [4.78, 5) is 0. The molecule has 0 spiro atoms. The van der Waals surface area contributed by atoms with E-state index in [2.05, 4.69) is 30.4 Å². The van der Waals surface area contributed by atoms with Crippen LogP contribution in [0.4, 0.5) is 0 Å². The Morgan fingerprint density at radius 3 is 2.52 bits per heavy atom. The normalized spacial score (nSPS) is 22.0. The van der Waals surface area contributed by atoms with Gasteiger partial charge in [-0.1, -0.05) is 19.4 Å². The van der Waals surface area contributed by atoms with E-state index in [0.29, 0.717) is 25.2 Å². The minimum absolute atomic E-state index is 0.637. The van der Waals surface area contributed by atoms with Gasteiger partial charge in [0, 0.05) is 6.04 Å². The zero-order chi connectivity index (χ0) is 15.1. The minimum Gasteiger partial charge on any atom is -0.490 e. The smallest absolute Gasteiger partial charge is 0.161 e. The lowest BCUT2D eigenvalue weighted by atomic mass is 9.81. The van der Waals surface area contributed by atoms with E-state index in [4.69, 9.17) is 9.47 Å². The van der Waals surface area contributed by atoms with Crippen molar-refractivity contribution in [3.8, 4) is 11.5 Å². The summed E-state index contributed by atoms with van der Waals surface area (Å²) in [6, 6.07) is 7.14. The third kappa shape index (κ3) is 4.37. The van der Waals surface area contributed by atoms with Gasteiger partial charge in [0.1, 0.15) is 0 Å². The molecule has 1 aliphatic rings. The van der Waals surface area contributed by atoms with Gasteiger partial charge < -0.3 is 14.8 Å². The van der Waals surface area contributed by atoms with E-state index >= 15 is 0 Å². The topological polar surface area (TPSA) is 30.5 Å². The number of hydrogen-bond acceptors (Lipinski definition) is 3. The Hall–Kier alpha value is -1.22. The van der Waals surface area contributed by atoms with Gasteiger partial charge in [-0.15, -0.1) is 0 Å². The highest BCUT2D eigenvalue weighted by molar-refractivity contribution is 5.44. The minimum atomic E-state index is 0.637. The molecule has 2 rings (SSSR count). The number of nitrogens with one attached hydrogen (secondary N) is 1. The molecule has 2 unspecified atom stereocenters. The Labute approximate surface area is 129 Å². The van der Waals surface area contributed by atoms with E-state index in [0.717, 1.165) is 18.0 Å². The van der Waals surface area contributed by atoms with Crippen LogP contribution in [-0.2, 0) is 0 Å². The fraction of sp³-hybridized carbons (Fsp3) is 0.667. The summed E-state index contributed by atoms with van der Waals surface area (Å²) in [5.41, 5.74) is 1.39. The molecule has 0 saturated heterocycles. The van der Waals surface area contributed by atoms with E-state index < -0.39 is 0 Å². The number of rotatable bonds is 7. The molecule has 3 heteroatoms. The average molecular weight is 291 g/mol. The molecule has 0 aromatic heterocycles. The SMILES string of the molecule is CCNC1CCCC(c2ccc(OCC)c(OCC)c2)C1. The first-order valence-corrected chi connectivity index (χ1v) is 8.41. The first-order chi connectivity index (χ1) is 10.3. The van der Waals surface area contributed by atoms with Crippen molar-refractivity contribution < 1.29 is 9.47 Å². The first kappa shape index (κ1) is 16.2. The highest BCUT2D eigenvalue weighted by Gasteiger charge is 2.23. The van der Waals surface area contributed by atoms with Crippen molar-refractivity contribution in [1.29, 1.82) is 0 Å². The molecule has 21 heavy (non-hydrogen) atoms. The lowest BCUT2D eigenvalue weighted by molar-refractivity contribution is 0.286. The molecule has 3 nitrogen and oxygen atoms in total. The van der Waals surface area contributed by atoms with Gasteiger partial charge in [0.25, 0.3) is 0 Å². The highest BCUT2D eigenvalue weighted by Crippen LogP contribution is 2.37. The van der Waals surface area contributed by atoms with Crippen LogP contribution in [0.2, 0.25) is 0 Å². The number of ether oxygens (including phenoxy) is 2. The Morgan fingerprint density at radius 2 is 1.81 bits per heavy atom. The lowest BCUT2D eigenvalue weighted by Gasteiger charge is -2.30. The number of hydrogen-bond donors (Lipinski definition) is 1. The molecule has 1 N–H and O–H groups in total. The van der Waals surface area contributed by atoms with Crippen molar-refractivity contribution in [2.24, 2.45) is 0 Å². The third-order valence-electron chi connectivity index (χ3n) is 4.21. The largest absolute Gasteiger partial charge is 0.490 e. The maximum Gasteiger partial charge on any atom is 0.161 e. The first-order valence-electron chi connectivity index (χ1n) is 8.41. The molecule has 1 aromatic carbocycles. The van der Waals surface area contributed by atoms with Gasteiger partial charge in [-0.2, -0.15) is 0 Å². The molecular weight excluding hydrogens is 262 g/mol. The van der Waals surface area contributed by atoms with Crippen molar-refractivity contribution in [3.05, 3.63) is 23.8 Å². The van der Waals surface area contributed by atoms with Crippen LogP contribution in [0.5, 0.6) is 11.5 Å². The molecule has 1 aromatic rings. The van der Waals surface area contributed by atoms with Gasteiger partial charge in [0.15, 0.2) is 11.5 Å². The van der Waals surface area contributed by atoms with E-state index in [9.17, 15) is 0 Å². The van der Waals surface area contributed by atoms with Crippen LogP contribution in [0, 0.1) is 0 Å². The summed E-state index contributed by atoms with van der Waals surface area (Å²) in [6.45, 7) is 8.62. The molecule has 1 fully saturated rings. The van der Waals surface area contributed by atoms with E-state index in [1.54, 1.807) is 0 Å². The molecule has 1 aliphatic carbocycles. The van der Waals surface area contributed by atoms with Crippen molar-refractivity contribution in [2.75, 3.05) is 19.8 Å². The molecule has 2 atom stereocenters. The van der Waals surface area contributed by atoms with Crippen LogP contribution in [0.15, 0.2) is 18.2 Å². The van der Waals surface area contributed by atoms with Gasteiger partial charge in [0.2, 0.25) is 0 Å². The Kier molecular flexibility index (Phi) is 6.37. The van der Waals surface area contributed by atoms with Crippen LogP contribution in [0.3, 0.4) is 0 Å². The van der Waals surface area contributed by atoms with Crippen LogP contribution in [0.25, 0.3) is 0 Å². The monoisotopic (exact) mass is 291 g/mol. The molecule has 0 radical (unpaired) electrons. The molecule has 118 valence electrons. The van der Waals surface area contributed by atoms with E-state index in [-0.39, 0.29) is 0 Å². The van der Waals surface area contributed by atoms with Crippen LogP contribution < -0.4 is 14.8 Å². The lowest BCUT2D eigenvalue weighted by Crippen LogP contribution is -2.33. The van der Waals surface area contributed by atoms with Gasteiger partial charge in [0.05, 0.1) is 13.2 Å². The molecule has 1 saturated carbocycles. The summed E-state index contributed by atoms with van der Waals surface area (Å²) < 4.78 is 11.4. The van der Waals surface area contributed by atoms with Crippen LogP contribution >= 0.6 is 0 Å². The van der Waals surface area contributed by atoms with Gasteiger partial charge >= 0.3 is 0 Å². The predicted molar refractivity (Wildman–Crippen MR) is 87.5 cm³/mol. The van der Waals surface area contributed by atoms with Crippen LogP contribution in [-0.4, -0.2) is 25.8 Å². The van der Waals surface area contributed by atoms with Crippen molar-refractivity contribution in [1.82, 2.24) is 5.32 Å². The molecule has 0 amide bonds. The van der Waals surface area contributed by atoms with Crippen molar-refractivity contribution in [2.45, 2.75) is 58.4 Å². The fourth-order valence-electron chi connectivity index (χ4n) is 3.29. The average Bonchev–Trinajstić information content (AvgIpc) is 2.50. The second-order valence-corrected chi connectivity index (χ2v) is 5.69. The van der Waals surface area contributed by atoms with E-state index in [1.165, 1.54) is 31.2 Å². The Bertz CT molecular complexity index is 431. The second-order valence-electron chi connectivity index (χ2n) is 5.69. The summed E-state index contributed by atoms with van der Waals surface area (Å²) in [6.07, 6.45) is 5.12. The van der Waals surface area contributed by atoms with Crippen molar-refractivity contribution >= 4 is 0 Å². The third-order valence-corrected chi connectivity index (χ3v) is 4.21.